The molecule has 0 aliphatic carbocycles. The van der Waals surface area contributed by atoms with Gasteiger partial charge in [0.05, 0.1) is 12.8 Å². The highest BCUT2D eigenvalue weighted by atomic mass is 16.4. The van der Waals surface area contributed by atoms with Crippen LogP contribution in [0.3, 0.4) is 0 Å². The predicted molar refractivity (Wildman–Crippen MR) is 55.3 cm³/mol. The number of ketones is 1. The normalized spacial score (nSPS) is 18.0. The number of hydrogen-bond acceptors (Lipinski definition) is 8. The van der Waals surface area contributed by atoms with E-state index in [4.69, 9.17) is 21.7 Å². The fourth-order valence-corrected chi connectivity index (χ4v) is 0.906. The average Bonchev–Trinajstić information content (AvgIpc) is 2.34. The summed E-state index contributed by atoms with van der Waals surface area (Å²) in [6.45, 7) is -0.980. The Morgan fingerprint density at radius 1 is 1.24 bits per heavy atom. The van der Waals surface area contributed by atoms with Crippen molar-refractivity contribution in [3.05, 3.63) is 0 Å². The number of aliphatic hydroxyl groups is 4. The van der Waals surface area contributed by atoms with Crippen LogP contribution in [0.1, 0.15) is 0 Å². The van der Waals surface area contributed by atoms with Crippen molar-refractivity contribution in [1.82, 2.24) is 5.32 Å². The number of amides is 1. The summed E-state index contributed by atoms with van der Waals surface area (Å²) in [6, 6.07) is 0. The molecule has 4 atom stereocenters. The molecule has 9 N–H and O–H groups in total. The largest absolute Gasteiger partial charge is 0.394 e. The first-order valence-corrected chi connectivity index (χ1v) is 4.80. The molecule has 1 unspecified atom stereocenters. The maximum Gasteiger partial charge on any atom is 0.291 e. The van der Waals surface area contributed by atoms with Gasteiger partial charge in [-0.05, 0) is 0 Å². The van der Waals surface area contributed by atoms with Crippen LogP contribution in [-0.4, -0.2) is 69.7 Å². The SMILES string of the molecule is NCC(N)NC(=O)C(=O)[C@@H](O)[C@H](O)[C@H](O)CO. The summed E-state index contributed by atoms with van der Waals surface area (Å²) < 4.78 is 0. The number of rotatable bonds is 7. The number of Topliss-reactive ketones (excluding diaryl/α,β-unsaturated/α-hetero) is 1. The summed E-state index contributed by atoms with van der Waals surface area (Å²) in [5, 5.41) is 37.8. The van der Waals surface area contributed by atoms with Gasteiger partial charge in [0, 0.05) is 6.54 Å². The lowest BCUT2D eigenvalue weighted by molar-refractivity contribution is -0.151. The Labute approximate surface area is 97.0 Å². The lowest BCUT2D eigenvalue weighted by atomic mass is 10.0. The van der Waals surface area contributed by atoms with Crippen LogP contribution < -0.4 is 16.8 Å². The molecule has 0 aromatic heterocycles. The molecule has 100 valence electrons. The van der Waals surface area contributed by atoms with Gasteiger partial charge in [0.2, 0.25) is 0 Å². The van der Waals surface area contributed by atoms with Crippen LogP contribution in [0.15, 0.2) is 0 Å². The van der Waals surface area contributed by atoms with Gasteiger partial charge in [0.25, 0.3) is 11.7 Å². The maximum absolute atomic E-state index is 11.2. The van der Waals surface area contributed by atoms with E-state index in [0.717, 1.165) is 0 Å². The highest BCUT2D eigenvalue weighted by Crippen LogP contribution is 2.01. The fraction of sp³-hybridized carbons (Fsp3) is 0.750. The third-order valence-electron chi connectivity index (χ3n) is 1.97. The summed E-state index contributed by atoms with van der Waals surface area (Å²) in [4.78, 5) is 22.4. The number of nitrogens with two attached hydrogens (primary N) is 2. The molecule has 17 heavy (non-hydrogen) atoms. The maximum atomic E-state index is 11.2. The van der Waals surface area contributed by atoms with Crippen LogP contribution in [0.25, 0.3) is 0 Å². The second-order valence-corrected chi connectivity index (χ2v) is 3.37. The first-order valence-electron chi connectivity index (χ1n) is 4.80. The molecular formula is C8H17N3O6. The Kier molecular flexibility index (Phi) is 6.80. The predicted octanol–water partition coefficient (Wildman–Crippen LogP) is -5.01. The smallest absolute Gasteiger partial charge is 0.291 e. The van der Waals surface area contributed by atoms with Gasteiger partial charge in [0.15, 0.2) is 6.10 Å². The van der Waals surface area contributed by atoms with Gasteiger partial charge >= 0.3 is 0 Å². The fourth-order valence-electron chi connectivity index (χ4n) is 0.906. The van der Waals surface area contributed by atoms with E-state index in [1.165, 1.54) is 0 Å². The Balaban J connectivity index is 4.44. The van der Waals surface area contributed by atoms with Crippen molar-refractivity contribution >= 4 is 11.7 Å². The standard InChI is InChI=1S/C8H17N3O6/c9-1-4(10)11-8(17)7(16)6(15)5(14)3(13)2-12/h3-6,12-15H,1-2,9-10H2,(H,11,17)/t3-,4?,5-,6+/m1/s1. The van der Waals surface area contributed by atoms with Crippen molar-refractivity contribution in [3.63, 3.8) is 0 Å². The summed E-state index contributed by atoms with van der Waals surface area (Å²) in [6.07, 6.45) is -6.81. The quantitative estimate of drug-likeness (QED) is 0.173. The summed E-state index contributed by atoms with van der Waals surface area (Å²) in [5.74, 6) is -2.62. The molecule has 0 aromatic rings. The minimum atomic E-state index is -2.15. The molecule has 0 bridgehead atoms. The van der Waals surface area contributed by atoms with E-state index in [1.54, 1.807) is 0 Å². The Bertz CT molecular complexity index is 274. The van der Waals surface area contributed by atoms with Crippen LogP contribution in [0.4, 0.5) is 0 Å². The van der Waals surface area contributed by atoms with E-state index >= 15 is 0 Å². The molecule has 0 aromatic carbocycles. The Morgan fingerprint density at radius 3 is 2.18 bits per heavy atom. The van der Waals surface area contributed by atoms with Gasteiger partial charge in [-0.3, -0.25) is 9.59 Å². The number of aliphatic hydroxyl groups excluding tert-OH is 4. The average molecular weight is 251 g/mol. The topological polar surface area (TPSA) is 179 Å². The van der Waals surface area contributed by atoms with Crippen molar-refractivity contribution in [3.8, 4) is 0 Å². The molecule has 0 rings (SSSR count). The Morgan fingerprint density at radius 2 is 1.76 bits per heavy atom. The van der Waals surface area contributed by atoms with Gasteiger partial charge in [-0.1, -0.05) is 0 Å². The lowest BCUT2D eigenvalue weighted by Gasteiger charge is -2.20. The van der Waals surface area contributed by atoms with Gasteiger partial charge < -0.3 is 37.2 Å². The molecule has 0 spiro atoms. The highest BCUT2D eigenvalue weighted by Gasteiger charge is 2.33. The van der Waals surface area contributed by atoms with E-state index in [0.29, 0.717) is 0 Å². The summed E-state index contributed by atoms with van der Waals surface area (Å²) in [5.41, 5.74) is 10.3. The molecule has 0 heterocycles. The van der Waals surface area contributed by atoms with Crippen LogP contribution in [0.2, 0.25) is 0 Å². The molecule has 1 amide bonds. The third kappa shape index (κ3) is 4.73. The third-order valence-corrected chi connectivity index (χ3v) is 1.97. The van der Waals surface area contributed by atoms with Crippen LogP contribution in [0, 0.1) is 0 Å². The van der Waals surface area contributed by atoms with Crippen molar-refractivity contribution in [2.45, 2.75) is 24.5 Å². The van der Waals surface area contributed by atoms with Gasteiger partial charge in [0.1, 0.15) is 12.2 Å². The summed E-state index contributed by atoms with van der Waals surface area (Å²) >= 11 is 0. The van der Waals surface area contributed by atoms with Gasteiger partial charge in [-0.15, -0.1) is 0 Å². The lowest BCUT2D eigenvalue weighted by Crippen LogP contribution is -2.54. The molecular weight excluding hydrogens is 234 g/mol. The molecule has 0 fully saturated rings. The second-order valence-electron chi connectivity index (χ2n) is 3.37. The Hall–Kier alpha value is -1.10. The molecule has 0 aliphatic rings. The van der Waals surface area contributed by atoms with Crippen LogP contribution in [-0.2, 0) is 9.59 Å². The molecule has 0 radical (unpaired) electrons. The summed E-state index contributed by atoms with van der Waals surface area (Å²) in [7, 11) is 0. The second kappa shape index (κ2) is 7.27. The minimum absolute atomic E-state index is 0.114. The molecule has 0 saturated carbocycles. The number of carbonyl (C=O) groups excluding carboxylic acids is 2. The van der Waals surface area contributed by atoms with Crippen LogP contribution >= 0.6 is 0 Å². The first-order chi connectivity index (χ1) is 7.84. The van der Waals surface area contributed by atoms with E-state index < -0.39 is 42.8 Å². The van der Waals surface area contributed by atoms with E-state index in [1.807, 2.05) is 5.32 Å². The molecule has 0 aliphatic heterocycles. The van der Waals surface area contributed by atoms with E-state index in [-0.39, 0.29) is 6.54 Å². The zero-order valence-electron chi connectivity index (χ0n) is 8.98. The zero-order valence-corrected chi connectivity index (χ0v) is 8.98. The van der Waals surface area contributed by atoms with Crippen LogP contribution in [0.5, 0.6) is 0 Å². The monoisotopic (exact) mass is 251 g/mol. The first kappa shape index (κ1) is 15.9. The zero-order chi connectivity index (χ0) is 13.6. The number of hydrogen-bond donors (Lipinski definition) is 7. The van der Waals surface area contributed by atoms with Gasteiger partial charge in [-0.2, -0.15) is 0 Å². The van der Waals surface area contributed by atoms with E-state index in [2.05, 4.69) is 0 Å². The van der Waals surface area contributed by atoms with Crippen molar-refractivity contribution in [1.29, 1.82) is 0 Å². The van der Waals surface area contributed by atoms with Crippen molar-refractivity contribution in [2.75, 3.05) is 13.2 Å². The number of nitrogens with one attached hydrogen (secondary N) is 1. The van der Waals surface area contributed by atoms with Crippen molar-refractivity contribution in [2.24, 2.45) is 11.5 Å². The molecule has 0 saturated heterocycles. The molecule has 9 nitrogen and oxygen atoms in total. The number of carbonyl (C=O) groups is 2. The van der Waals surface area contributed by atoms with Gasteiger partial charge in [-0.25, -0.2) is 0 Å². The molecule has 9 heteroatoms. The van der Waals surface area contributed by atoms with Crippen molar-refractivity contribution < 1.29 is 30.0 Å². The highest BCUT2D eigenvalue weighted by molar-refractivity contribution is 6.38. The van der Waals surface area contributed by atoms with E-state index in [9.17, 15) is 19.8 Å². The minimum Gasteiger partial charge on any atom is -0.394 e.